The Balaban J connectivity index is 2.91. The van der Waals surface area contributed by atoms with E-state index in [9.17, 15) is 18.0 Å². The first-order valence-corrected chi connectivity index (χ1v) is 5.47. The van der Waals surface area contributed by atoms with Crippen molar-refractivity contribution in [3.63, 3.8) is 0 Å². The number of ketones is 1. The van der Waals surface area contributed by atoms with Crippen molar-refractivity contribution in [2.24, 2.45) is 11.7 Å². The fraction of sp³-hybridized carbons (Fsp3) is 0.417. The van der Waals surface area contributed by atoms with E-state index in [1.54, 1.807) is 6.92 Å². The van der Waals surface area contributed by atoms with E-state index in [2.05, 4.69) is 4.74 Å². The summed E-state index contributed by atoms with van der Waals surface area (Å²) >= 11 is 0. The third kappa shape index (κ3) is 4.03. The Hall–Kier alpha value is -1.56. The minimum Gasteiger partial charge on any atom is -0.406 e. The Kier molecular flexibility index (Phi) is 4.72. The molecule has 0 bridgehead atoms. The number of Topliss-reactive ketones (excluding diaryl/α,β-unsaturated/α-hetero) is 1. The predicted octanol–water partition coefficient (Wildman–Crippen LogP) is 2.75. The van der Waals surface area contributed by atoms with Crippen LogP contribution in [0, 0.1) is 5.92 Å². The summed E-state index contributed by atoms with van der Waals surface area (Å²) in [6.07, 6.45) is -4.22. The molecule has 0 saturated carbocycles. The van der Waals surface area contributed by atoms with Crippen molar-refractivity contribution in [3.8, 4) is 5.75 Å². The van der Waals surface area contributed by atoms with Crippen molar-refractivity contribution in [2.45, 2.75) is 19.7 Å². The number of alkyl halides is 3. The van der Waals surface area contributed by atoms with Crippen LogP contribution < -0.4 is 10.5 Å². The highest BCUT2D eigenvalue weighted by atomic mass is 19.4. The summed E-state index contributed by atoms with van der Waals surface area (Å²) in [5.41, 5.74) is 5.60. The maximum absolute atomic E-state index is 12.0. The standard InChI is InChI=1S/C12H14F3NO2/c1-2-8(7-16)11(17)9-4-3-5-10(6-9)18-12(13,14)15/h3-6,8H,2,7,16H2,1H3. The molecule has 3 nitrogen and oxygen atoms in total. The number of carbonyl (C=O) groups excluding carboxylic acids is 1. The van der Waals surface area contributed by atoms with Gasteiger partial charge in [0.05, 0.1) is 0 Å². The Morgan fingerprint density at radius 3 is 2.61 bits per heavy atom. The van der Waals surface area contributed by atoms with E-state index >= 15 is 0 Å². The maximum atomic E-state index is 12.0. The Morgan fingerprint density at radius 1 is 1.44 bits per heavy atom. The van der Waals surface area contributed by atoms with E-state index in [-0.39, 0.29) is 23.8 Å². The Bertz CT molecular complexity index is 414. The summed E-state index contributed by atoms with van der Waals surface area (Å²) in [6, 6.07) is 5.02. The van der Waals surface area contributed by atoms with E-state index < -0.39 is 12.1 Å². The van der Waals surface area contributed by atoms with Gasteiger partial charge in [-0.25, -0.2) is 0 Å². The highest BCUT2D eigenvalue weighted by Gasteiger charge is 2.31. The minimum atomic E-state index is -4.76. The average molecular weight is 261 g/mol. The zero-order valence-electron chi connectivity index (χ0n) is 9.83. The summed E-state index contributed by atoms with van der Waals surface area (Å²) in [6.45, 7) is 1.96. The third-order valence-corrected chi connectivity index (χ3v) is 2.50. The van der Waals surface area contributed by atoms with Crippen molar-refractivity contribution in [1.82, 2.24) is 0 Å². The van der Waals surface area contributed by atoms with Gasteiger partial charge >= 0.3 is 6.36 Å². The lowest BCUT2D eigenvalue weighted by atomic mass is 9.95. The first-order chi connectivity index (χ1) is 8.37. The molecule has 0 aliphatic carbocycles. The zero-order valence-corrected chi connectivity index (χ0v) is 9.83. The quantitative estimate of drug-likeness (QED) is 0.829. The van der Waals surface area contributed by atoms with Gasteiger partial charge in [0.25, 0.3) is 0 Å². The van der Waals surface area contributed by atoms with Gasteiger partial charge < -0.3 is 10.5 Å². The lowest BCUT2D eigenvalue weighted by molar-refractivity contribution is -0.274. The van der Waals surface area contributed by atoms with Crippen LogP contribution >= 0.6 is 0 Å². The minimum absolute atomic E-state index is 0.166. The highest BCUT2D eigenvalue weighted by Crippen LogP contribution is 2.24. The summed E-state index contributed by atoms with van der Waals surface area (Å²) in [5, 5.41) is 0. The summed E-state index contributed by atoms with van der Waals surface area (Å²) in [4.78, 5) is 11.9. The van der Waals surface area contributed by atoms with Crippen LogP contribution in [0.5, 0.6) is 5.75 Å². The van der Waals surface area contributed by atoms with Crippen LogP contribution in [0.4, 0.5) is 13.2 Å². The molecular weight excluding hydrogens is 247 g/mol. The smallest absolute Gasteiger partial charge is 0.406 e. The second kappa shape index (κ2) is 5.86. The molecule has 6 heteroatoms. The molecule has 0 fully saturated rings. The number of rotatable bonds is 5. The molecule has 1 aromatic rings. The molecule has 1 aromatic carbocycles. The number of hydrogen-bond donors (Lipinski definition) is 1. The van der Waals surface area contributed by atoms with Crippen LogP contribution in [0.15, 0.2) is 24.3 Å². The van der Waals surface area contributed by atoms with Crippen LogP contribution in [0.2, 0.25) is 0 Å². The predicted molar refractivity (Wildman–Crippen MR) is 60.3 cm³/mol. The molecular formula is C12H14F3NO2. The monoisotopic (exact) mass is 261 g/mol. The molecule has 100 valence electrons. The van der Waals surface area contributed by atoms with Gasteiger partial charge in [-0.05, 0) is 18.6 Å². The van der Waals surface area contributed by atoms with E-state index in [4.69, 9.17) is 5.73 Å². The fourth-order valence-electron chi connectivity index (χ4n) is 1.54. The third-order valence-electron chi connectivity index (χ3n) is 2.50. The number of nitrogens with two attached hydrogens (primary N) is 1. The van der Waals surface area contributed by atoms with Gasteiger partial charge in [0.2, 0.25) is 0 Å². The first kappa shape index (κ1) is 14.5. The van der Waals surface area contributed by atoms with Gasteiger partial charge in [0.1, 0.15) is 5.75 Å². The first-order valence-electron chi connectivity index (χ1n) is 5.47. The normalized spacial score (nSPS) is 13.2. The molecule has 0 saturated heterocycles. The molecule has 0 spiro atoms. The molecule has 0 heterocycles. The molecule has 0 amide bonds. The molecule has 0 aliphatic heterocycles. The SMILES string of the molecule is CCC(CN)C(=O)c1cccc(OC(F)(F)F)c1. The molecule has 2 N–H and O–H groups in total. The summed E-state index contributed by atoms with van der Waals surface area (Å²) in [5.74, 6) is -1.06. The van der Waals surface area contributed by atoms with Gasteiger partial charge in [-0.1, -0.05) is 19.1 Å². The molecule has 0 radical (unpaired) electrons. The second-order valence-corrected chi connectivity index (χ2v) is 3.78. The number of halogens is 3. The van der Waals surface area contributed by atoms with Crippen LogP contribution in [-0.2, 0) is 0 Å². The number of carbonyl (C=O) groups is 1. The van der Waals surface area contributed by atoms with E-state index in [1.807, 2.05) is 0 Å². The van der Waals surface area contributed by atoms with Crippen molar-refractivity contribution in [1.29, 1.82) is 0 Å². The van der Waals surface area contributed by atoms with Crippen molar-refractivity contribution >= 4 is 5.78 Å². The number of hydrogen-bond acceptors (Lipinski definition) is 3. The highest BCUT2D eigenvalue weighted by molar-refractivity contribution is 5.98. The molecule has 1 atom stereocenters. The van der Waals surface area contributed by atoms with Gasteiger partial charge in [0.15, 0.2) is 5.78 Å². The molecule has 0 aliphatic rings. The van der Waals surface area contributed by atoms with Crippen LogP contribution in [0.1, 0.15) is 23.7 Å². The zero-order chi connectivity index (χ0) is 13.8. The van der Waals surface area contributed by atoms with Gasteiger partial charge in [-0.15, -0.1) is 13.2 Å². The van der Waals surface area contributed by atoms with Crippen LogP contribution in [-0.4, -0.2) is 18.7 Å². The molecule has 1 unspecified atom stereocenters. The van der Waals surface area contributed by atoms with Gasteiger partial charge in [-0.2, -0.15) is 0 Å². The Morgan fingerprint density at radius 2 is 2.11 bits per heavy atom. The van der Waals surface area contributed by atoms with Crippen LogP contribution in [0.3, 0.4) is 0 Å². The van der Waals surface area contributed by atoms with Crippen molar-refractivity contribution in [2.75, 3.05) is 6.54 Å². The second-order valence-electron chi connectivity index (χ2n) is 3.78. The average Bonchev–Trinajstić information content (AvgIpc) is 2.28. The molecule has 1 rings (SSSR count). The molecule has 18 heavy (non-hydrogen) atoms. The topological polar surface area (TPSA) is 52.3 Å². The van der Waals surface area contributed by atoms with Crippen molar-refractivity contribution < 1.29 is 22.7 Å². The van der Waals surface area contributed by atoms with E-state index in [1.165, 1.54) is 12.1 Å². The fourth-order valence-corrected chi connectivity index (χ4v) is 1.54. The van der Waals surface area contributed by atoms with E-state index in [0.29, 0.717) is 6.42 Å². The number of benzene rings is 1. The maximum Gasteiger partial charge on any atom is 0.573 e. The van der Waals surface area contributed by atoms with Crippen molar-refractivity contribution in [3.05, 3.63) is 29.8 Å². The lowest BCUT2D eigenvalue weighted by Crippen LogP contribution is -2.23. The van der Waals surface area contributed by atoms with Gasteiger partial charge in [-0.3, -0.25) is 4.79 Å². The van der Waals surface area contributed by atoms with Gasteiger partial charge in [0, 0.05) is 18.0 Å². The largest absolute Gasteiger partial charge is 0.573 e. The number of ether oxygens (including phenoxy) is 1. The lowest BCUT2D eigenvalue weighted by Gasteiger charge is -2.13. The summed E-state index contributed by atoms with van der Waals surface area (Å²) in [7, 11) is 0. The van der Waals surface area contributed by atoms with Crippen LogP contribution in [0.25, 0.3) is 0 Å². The molecule has 0 aromatic heterocycles. The summed E-state index contributed by atoms with van der Waals surface area (Å²) < 4.78 is 39.9. The van der Waals surface area contributed by atoms with E-state index in [0.717, 1.165) is 12.1 Å². The Labute approximate surface area is 103 Å².